The lowest BCUT2D eigenvalue weighted by Gasteiger charge is -2.02. The number of thiazole rings is 1. The molecule has 2 rings (SSSR count). The van der Waals surface area contributed by atoms with Crippen LogP contribution in [0.1, 0.15) is 0 Å². The van der Waals surface area contributed by atoms with Crippen molar-refractivity contribution in [3.8, 4) is 0 Å². The number of anilines is 1. The van der Waals surface area contributed by atoms with E-state index in [9.17, 15) is 9.18 Å². The second kappa shape index (κ2) is 6.55. The van der Waals surface area contributed by atoms with E-state index < -0.39 is 0 Å². The number of carbonyl (C=O) groups excluding carboxylic acids is 1. The molecule has 1 heterocycles. The van der Waals surface area contributed by atoms with Gasteiger partial charge in [0.2, 0.25) is 0 Å². The Bertz CT molecular complexity index is 573. The largest absolute Gasteiger partial charge is 0.382 e. The molecule has 0 fully saturated rings. The van der Waals surface area contributed by atoms with Crippen molar-refractivity contribution in [1.29, 1.82) is 0 Å². The minimum absolute atomic E-state index is 0.0619. The Morgan fingerprint density at radius 1 is 1.47 bits per heavy atom. The number of hydrogen-bond donors (Lipinski definition) is 1. The first-order valence-corrected chi connectivity index (χ1v) is 6.43. The molecule has 7 heteroatoms. The number of benzene rings is 1. The van der Waals surface area contributed by atoms with E-state index in [1.54, 1.807) is 13.2 Å². The van der Waals surface area contributed by atoms with Gasteiger partial charge in [0.05, 0.1) is 23.4 Å². The zero-order valence-electron chi connectivity index (χ0n) is 10.3. The summed E-state index contributed by atoms with van der Waals surface area (Å²) in [5.41, 5.74) is 0.655. The molecular weight excluding hydrogens is 271 g/mol. The molecule has 2 aromatic rings. The molecule has 1 N–H and O–H groups in total. The number of fused-ring (bicyclic) bond motifs is 1. The molecule has 0 saturated carbocycles. The number of ether oxygens (including phenoxy) is 2. The average molecular weight is 284 g/mol. The fraction of sp³-hybridized carbons (Fsp3) is 0.333. The van der Waals surface area contributed by atoms with Gasteiger partial charge in [-0.1, -0.05) is 11.3 Å². The van der Waals surface area contributed by atoms with Crippen molar-refractivity contribution in [2.24, 2.45) is 0 Å². The van der Waals surface area contributed by atoms with Crippen molar-refractivity contribution in [2.45, 2.75) is 0 Å². The minimum Gasteiger partial charge on any atom is -0.382 e. The standard InChI is InChI=1S/C12H13FN2O3S/c1-17-4-5-18-7-11(16)15-12-14-9-3-2-8(13)6-10(9)19-12/h2-3,6H,4-5,7H2,1H3,(H,14,15,16). The highest BCUT2D eigenvalue weighted by atomic mass is 32.1. The monoisotopic (exact) mass is 284 g/mol. The van der Waals surface area contributed by atoms with Gasteiger partial charge in [0, 0.05) is 7.11 Å². The van der Waals surface area contributed by atoms with Crippen LogP contribution in [-0.4, -0.2) is 37.8 Å². The van der Waals surface area contributed by atoms with E-state index in [-0.39, 0.29) is 18.3 Å². The molecular formula is C12H13FN2O3S. The summed E-state index contributed by atoms with van der Waals surface area (Å²) in [6, 6.07) is 4.30. The van der Waals surface area contributed by atoms with Gasteiger partial charge in [-0.25, -0.2) is 9.37 Å². The van der Waals surface area contributed by atoms with E-state index in [0.717, 1.165) is 0 Å². The van der Waals surface area contributed by atoms with Crippen molar-refractivity contribution in [1.82, 2.24) is 4.98 Å². The normalized spacial score (nSPS) is 10.8. The fourth-order valence-electron chi connectivity index (χ4n) is 1.41. The van der Waals surface area contributed by atoms with Crippen LogP contribution in [0.25, 0.3) is 10.2 Å². The van der Waals surface area contributed by atoms with Crippen LogP contribution < -0.4 is 5.32 Å². The molecule has 1 amide bonds. The van der Waals surface area contributed by atoms with Crippen molar-refractivity contribution in [3.05, 3.63) is 24.0 Å². The number of rotatable bonds is 6. The second-order valence-electron chi connectivity index (χ2n) is 3.72. The number of carbonyl (C=O) groups is 1. The molecule has 0 bridgehead atoms. The molecule has 0 aliphatic carbocycles. The Labute approximate surface area is 113 Å². The van der Waals surface area contributed by atoms with Crippen molar-refractivity contribution >= 4 is 32.6 Å². The van der Waals surface area contributed by atoms with Crippen LogP contribution >= 0.6 is 11.3 Å². The first-order chi connectivity index (χ1) is 9.19. The minimum atomic E-state index is -0.322. The van der Waals surface area contributed by atoms with Crippen molar-refractivity contribution < 1.29 is 18.7 Å². The number of amides is 1. The first-order valence-electron chi connectivity index (χ1n) is 5.61. The molecule has 0 radical (unpaired) electrons. The zero-order valence-corrected chi connectivity index (χ0v) is 11.1. The van der Waals surface area contributed by atoms with Gasteiger partial charge in [0.1, 0.15) is 12.4 Å². The summed E-state index contributed by atoms with van der Waals surface area (Å²) >= 11 is 1.22. The Balaban J connectivity index is 1.91. The maximum atomic E-state index is 13.0. The summed E-state index contributed by atoms with van der Waals surface area (Å²) in [6.45, 7) is 0.732. The van der Waals surface area contributed by atoms with Crippen LogP contribution in [0.4, 0.5) is 9.52 Å². The van der Waals surface area contributed by atoms with Crippen molar-refractivity contribution in [2.75, 3.05) is 32.2 Å². The highest BCUT2D eigenvalue weighted by molar-refractivity contribution is 7.22. The molecule has 0 aliphatic rings. The van der Waals surface area contributed by atoms with Gasteiger partial charge in [-0.3, -0.25) is 10.1 Å². The van der Waals surface area contributed by atoms with Crippen LogP contribution in [0.2, 0.25) is 0 Å². The highest BCUT2D eigenvalue weighted by Gasteiger charge is 2.08. The van der Waals surface area contributed by atoms with Crippen LogP contribution in [0.15, 0.2) is 18.2 Å². The summed E-state index contributed by atoms with van der Waals surface area (Å²) in [5, 5.41) is 3.04. The van der Waals surface area contributed by atoms with E-state index >= 15 is 0 Å². The van der Waals surface area contributed by atoms with Crippen LogP contribution in [0.5, 0.6) is 0 Å². The lowest BCUT2D eigenvalue weighted by molar-refractivity contribution is -0.121. The molecule has 0 unspecified atom stereocenters. The Morgan fingerprint density at radius 3 is 3.11 bits per heavy atom. The number of aromatic nitrogens is 1. The lowest BCUT2D eigenvalue weighted by Crippen LogP contribution is -2.19. The fourth-order valence-corrected chi connectivity index (χ4v) is 2.32. The van der Waals surface area contributed by atoms with Crippen LogP contribution in [0, 0.1) is 5.82 Å². The average Bonchev–Trinajstić information content (AvgIpc) is 2.76. The molecule has 0 aliphatic heterocycles. The predicted octanol–water partition coefficient (Wildman–Crippen LogP) is 2.04. The van der Waals surface area contributed by atoms with Gasteiger partial charge < -0.3 is 9.47 Å². The maximum Gasteiger partial charge on any atom is 0.252 e. The molecule has 0 saturated heterocycles. The number of halogens is 1. The summed E-state index contributed by atoms with van der Waals surface area (Å²) in [5.74, 6) is -0.618. The SMILES string of the molecule is COCCOCC(=O)Nc1nc2ccc(F)cc2s1. The van der Waals surface area contributed by atoms with E-state index in [1.807, 2.05) is 0 Å². The van der Waals surface area contributed by atoms with Gasteiger partial charge >= 0.3 is 0 Å². The third-order valence-corrected chi connectivity index (χ3v) is 3.20. The summed E-state index contributed by atoms with van der Waals surface area (Å²) < 4.78 is 23.6. The molecule has 0 spiro atoms. The maximum absolute atomic E-state index is 13.0. The van der Waals surface area contributed by atoms with Crippen LogP contribution in [0.3, 0.4) is 0 Å². The summed E-state index contributed by atoms with van der Waals surface area (Å²) in [6.07, 6.45) is 0. The first kappa shape index (κ1) is 13.9. The smallest absolute Gasteiger partial charge is 0.252 e. The molecule has 1 aromatic carbocycles. The second-order valence-corrected chi connectivity index (χ2v) is 4.76. The molecule has 102 valence electrons. The third kappa shape index (κ3) is 3.95. The highest BCUT2D eigenvalue weighted by Crippen LogP contribution is 2.26. The molecule has 5 nitrogen and oxygen atoms in total. The summed E-state index contributed by atoms with van der Waals surface area (Å²) in [7, 11) is 1.56. The van der Waals surface area contributed by atoms with Gasteiger partial charge in [-0.05, 0) is 18.2 Å². The Kier molecular flexibility index (Phi) is 4.78. The topological polar surface area (TPSA) is 60.5 Å². The van der Waals surface area contributed by atoms with Gasteiger partial charge in [-0.15, -0.1) is 0 Å². The van der Waals surface area contributed by atoms with Gasteiger partial charge in [0.25, 0.3) is 5.91 Å². The number of nitrogens with one attached hydrogen (secondary N) is 1. The van der Waals surface area contributed by atoms with E-state index in [1.165, 1.54) is 23.5 Å². The van der Waals surface area contributed by atoms with E-state index in [4.69, 9.17) is 9.47 Å². The lowest BCUT2D eigenvalue weighted by atomic mass is 10.3. The Morgan fingerprint density at radius 2 is 2.32 bits per heavy atom. The zero-order chi connectivity index (χ0) is 13.7. The summed E-state index contributed by atoms with van der Waals surface area (Å²) in [4.78, 5) is 15.7. The van der Waals surface area contributed by atoms with Gasteiger partial charge in [-0.2, -0.15) is 0 Å². The third-order valence-electron chi connectivity index (χ3n) is 2.26. The van der Waals surface area contributed by atoms with E-state index in [0.29, 0.717) is 28.6 Å². The van der Waals surface area contributed by atoms with E-state index in [2.05, 4.69) is 10.3 Å². The van der Waals surface area contributed by atoms with Gasteiger partial charge in [0.15, 0.2) is 5.13 Å². The molecule has 1 aromatic heterocycles. The number of methoxy groups -OCH3 is 1. The quantitative estimate of drug-likeness (QED) is 0.825. The van der Waals surface area contributed by atoms with Crippen molar-refractivity contribution in [3.63, 3.8) is 0 Å². The number of nitrogens with zero attached hydrogens (tertiary/aromatic N) is 1. The Hall–Kier alpha value is -1.57. The predicted molar refractivity (Wildman–Crippen MR) is 70.9 cm³/mol. The van der Waals surface area contributed by atoms with Crippen LogP contribution in [-0.2, 0) is 14.3 Å². The number of hydrogen-bond acceptors (Lipinski definition) is 5. The molecule has 0 atom stereocenters. The molecule has 19 heavy (non-hydrogen) atoms.